The molecule has 3 heterocycles. The Bertz CT molecular complexity index is 1210. The lowest BCUT2D eigenvalue weighted by atomic mass is 9.98. The van der Waals surface area contributed by atoms with Gasteiger partial charge in [0.2, 0.25) is 5.89 Å². The number of nitrogens with zero attached hydrogens (tertiary/aromatic N) is 5. The van der Waals surface area contributed by atoms with Crippen molar-refractivity contribution in [2.75, 3.05) is 5.32 Å². The first-order chi connectivity index (χ1) is 14.4. The lowest BCUT2D eigenvalue weighted by molar-refractivity contribution is 0.356. The van der Waals surface area contributed by atoms with Gasteiger partial charge in [-0.25, -0.2) is 4.98 Å². The van der Waals surface area contributed by atoms with Crippen molar-refractivity contribution < 1.29 is 4.52 Å². The van der Waals surface area contributed by atoms with Gasteiger partial charge in [-0.3, -0.25) is 0 Å². The van der Waals surface area contributed by atoms with Crippen molar-refractivity contribution in [3.63, 3.8) is 0 Å². The molecule has 3 aromatic heterocycles. The molecule has 1 aromatic carbocycles. The molecule has 30 heavy (non-hydrogen) atoms. The highest BCUT2D eigenvalue weighted by molar-refractivity contribution is 5.83. The fraction of sp³-hybridized carbons (Fsp3) is 0.391. The van der Waals surface area contributed by atoms with Crippen LogP contribution in [0, 0.1) is 27.7 Å². The quantitative estimate of drug-likeness (QED) is 0.479. The summed E-state index contributed by atoms with van der Waals surface area (Å²) in [6.45, 7) is 12.3. The number of hydrogen-bond acceptors (Lipinski definition) is 6. The highest BCUT2D eigenvalue weighted by atomic mass is 16.5. The molecule has 0 amide bonds. The Balaban J connectivity index is 1.83. The zero-order chi connectivity index (χ0) is 21.4. The molecule has 0 fully saturated rings. The fourth-order valence-electron chi connectivity index (χ4n) is 3.86. The molecule has 0 saturated carbocycles. The highest BCUT2D eigenvalue weighted by Crippen LogP contribution is 2.33. The van der Waals surface area contributed by atoms with Crippen LogP contribution in [0.3, 0.4) is 0 Å². The zero-order valence-electron chi connectivity index (χ0n) is 18.4. The molecule has 0 aliphatic rings. The van der Waals surface area contributed by atoms with E-state index in [0.29, 0.717) is 11.7 Å². The summed E-state index contributed by atoms with van der Waals surface area (Å²) in [5.41, 5.74) is 7.52. The molecular formula is C23H28N6O. The SMILES string of the molecule is CCc1ccc(-c2c(C)nn3c(NC(CC)c4nc(C)no4)cc(C)nc23)c(C)c1. The molecule has 1 unspecified atom stereocenters. The number of rotatable bonds is 6. The second-order valence-corrected chi connectivity index (χ2v) is 7.77. The second kappa shape index (κ2) is 7.89. The van der Waals surface area contributed by atoms with Crippen molar-refractivity contribution in [1.29, 1.82) is 0 Å². The maximum absolute atomic E-state index is 5.40. The molecule has 0 bridgehead atoms. The summed E-state index contributed by atoms with van der Waals surface area (Å²) in [4.78, 5) is 9.23. The van der Waals surface area contributed by atoms with Crippen molar-refractivity contribution in [3.8, 4) is 11.1 Å². The van der Waals surface area contributed by atoms with Crippen molar-refractivity contribution in [3.05, 3.63) is 58.5 Å². The predicted molar refractivity (Wildman–Crippen MR) is 118 cm³/mol. The molecule has 1 N–H and O–H groups in total. The van der Waals surface area contributed by atoms with E-state index in [4.69, 9.17) is 14.6 Å². The summed E-state index contributed by atoms with van der Waals surface area (Å²) in [7, 11) is 0. The van der Waals surface area contributed by atoms with E-state index in [-0.39, 0.29) is 6.04 Å². The van der Waals surface area contributed by atoms with Gasteiger partial charge in [-0.05, 0) is 57.2 Å². The van der Waals surface area contributed by atoms with Crippen molar-refractivity contribution in [1.82, 2.24) is 24.7 Å². The summed E-state index contributed by atoms with van der Waals surface area (Å²) in [6.07, 6.45) is 1.82. The van der Waals surface area contributed by atoms with E-state index in [0.717, 1.165) is 41.3 Å². The van der Waals surface area contributed by atoms with Gasteiger partial charge in [0.05, 0.1) is 5.69 Å². The van der Waals surface area contributed by atoms with Gasteiger partial charge in [0, 0.05) is 17.3 Å². The van der Waals surface area contributed by atoms with E-state index in [2.05, 4.69) is 54.4 Å². The van der Waals surface area contributed by atoms with Crippen LogP contribution < -0.4 is 5.32 Å². The highest BCUT2D eigenvalue weighted by Gasteiger charge is 2.21. The molecule has 4 aromatic rings. The summed E-state index contributed by atoms with van der Waals surface area (Å²) < 4.78 is 7.28. The van der Waals surface area contributed by atoms with E-state index < -0.39 is 0 Å². The summed E-state index contributed by atoms with van der Waals surface area (Å²) >= 11 is 0. The van der Waals surface area contributed by atoms with Gasteiger partial charge in [0.15, 0.2) is 11.5 Å². The lowest BCUT2D eigenvalue weighted by Crippen LogP contribution is -2.14. The maximum atomic E-state index is 5.40. The van der Waals surface area contributed by atoms with E-state index in [9.17, 15) is 0 Å². The molecule has 0 spiro atoms. The number of fused-ring (bicyclic) bond motifs is 1. The van der Waals surface area contributed by atoms with Crippen LogP contribution in [0.25, 0.3) is 16.8 Å². The van der Waals surface area contributed by atoms with Crippen LogP contribution in [0.5, 0.6) is 0 Å². The number of benzene rings is 1. The third-order valence-corrected chi connectivity index (χ3v) is 5.43. The van der Waals surface area contributed by atoms with Gasteiger partial charge in [0.25, 0.3) is 0 Å². The Hall–Kier alpha value is -3.22. The molecule has 0 saturated heterocycles. The Kier molecular flexibility index (Phi) is 5.28. The van der Waals surface area contributed by atoms with Crippen molar-refractivity contribution in [2.24, 2.45) is 0 Å². The molecule has 156 valence electrons. The Morgan fingerprint density at radius 1 is 1.07 bits per heavy atom. The van der Waals surface area contributed by atoms with Crippen LogP contribution in [-0.2, 0) is 6.42 Å². The first kappa shape index (κ1) is 20.1. The molecule has 0 aliphatic heterocycles. The van der Waals surface area contributed by atoms with Crippen molar-refractivity contribution in [2.45, 2.75) is 60.4 Å². The van der Waals surface area contributed by atoms with Crippen LogP contribution in [-0.4, -0.2) is 24.7 Å². The summed E-state index contributed by atoms with van der Waals surface area (Å²) in [6, 6.07) is 8.52. The van der Waals surface area contributed by atoms with Crippen LogP contribution in [0.15, 0.2) is 28.8 Å². The predicted octanol–water partition coefficient (Wildman–Crippen LogP) is 5.14. The Labute approximate surface area is 176 Å². The topological polar surface area (TPSA) is 81.1 Å². The Morgan fingerprint density at radius 3 is 2.50 bits per heavy atom. The van der Waals surface area contributed by atoms with E-state index in [1.54, 1.807) is 0 Å². The summed E-state index contributed by atoms with van der Waals surface area (Å²) in [5.74, 6) is 2.06. The van der Waals surface area contributed by atoms with Gasteiger partial charge in [-0.1, -0.05) is 37.2 Å². The molecule has 0 radical (unpaired) electrons. The van der Waals surface area contributed by atoms with Crippen molar-refractivity contribution >= 4 is 11.5 Å². The smallest absolute Gasteiger partial charge is 0.249 e. The largest absolute Gasteiger partial charge is 0.358 e. The standard InChI is InChI=1S/C23H28N6O/c1-7-17-9-10-18(13(3)11-17)21-15(5)27-29-20(12-14(4)24-22(21)29)26-19(8-2)23-25-16(6)28-30-23/h9-12,19,26H,7-8H2,1-6H3. The number of hydrogen-bond donors (Lipinski definition) is 1. The van der Waals surface area contributed by atoms with Gasteiger partial charge in [-0.2, -0.15) is 14.6 Å². The minimum absolute atomic E-state index is 0.102. The molecule has 0 aliphatic carbocycles. The molecule has 7 nitrogen and oxygen atoms in total. The number of nitrogens with one attached hydrogen (secondary N) is 1. The molecule has 4 rings (SSSR count). The molecule has 1 atom stereocenters. The number of aryl methyl sites for hydroxylation is 5. The van der Waals surface area contributed by atoms with Crippen LogP contribution >= 0.6 is 0 Å². The molecule has 7 heteroatoms. The van der Waals surface area contributed by atoms with Crippen LogP contribution in [0.4, 0.5) is 5.82 Å². The maximum Gasteiger partial charge on any atom is 0.249 e. The van der Waals surface area contributed by atoms with Gasteiger partial charge in [-0.15, -0.1) is 0 Å². The average Bonchev–Trinajstić information content (AvgIpc) is 3.29. The molecular weight excluding hydrogens is 376 g/mol. The average molecular weight is 405 g/mol. The van der Waals surface area contributed by atoms with Crippen LogP contribution in [0.1, 0.15) is 60.5 Å². The number of anilines is 1. The zero-order valence-corrected chi connectivity index (χ0v) is 18.4. The third kappa shape index (κ3) is 3.56. The monoisotopic (exact) mass is 404 g/mol. The lowest BCUT2D eigenvalue weighted by Gasteiger charge is -2.16. The van der Waals surface area contributed by atoms with Gasteiger partial charge < -0.3 is 9.84 Å². The number of aromatic nitrogens is 5. The van der Waals surface area contributed by atoms with E-state index in [1.165, 1.54) is 16.7 Å². The fourth-order valence-corrected chi connectivity index (χ4v) is 3.86. The second-order valence-electron chi connectivity index (χ2n) is 7.77. The van der Waals surface area contributed by atoms with Gasteiger partial charge >= 0.3 is 0 Å². The first-order valence-corrected chi connectivity index (χ1v) is 10.4. The summed E-state index contributed by atoms with van der Waals surface area (Å²) in [5, 5.41) is 12.3. The normalized spacial score (nSPS) is 12.5. The van der Waals surface area contributed by atoms with Gasteiger partial charge in [0.1, 0.15) is 11.9 Å². The van der Waals surface area contributed by atoms with E-state index in [1.807, 2.05) is 31.4 Å². The van der Waals surface area contributed by atoms with E-state index >= 15 is 0 Å². The first-order valence-electron chi connectivity index (χ1n) is 10.4. The minimum atomic E-state index is -0.102. The van der Waals surface area contributed by atoms with Crippen LogP contribution in [0.2, 0.25) is 0 Å². The Morgan fingerprint density at radius 2 is 1.87 bits per heavy atom. The third-order valence-electron chi connectivity index (χ3n) is 5.43. The minimum Gasteiger partial charge on any atom is -0.358 e.